The molecular weight excluding hydrogens is 426 g/mol. The Hall–Kier alpha value is -4.07. The van der Waals surface area contributed by atoms with E-state index >= 15 is 0 Å². The van der Waals surface area contributed by atoms with E-state index in [9.17, 15) is 4.79 Å². The van der Waals surface area contributed by atoms with E-state index in [4.69, 9.17) is 10.1 Å². The minimum atomic E-state index is 0.0320. The molecule has 1 saturated heterocycles. The monoisotopic (exact) mass is 453 g/mol. The Morgan fingerprint density at radius 3 is 2.35 bits per heavy atom. The first-order valence-corrected chi connectivity index (χ1v) is 11.6. The smallest absolute Gasteiger partial charge is 0.244 e. The Balaban J connectivity index is 1.36. The summed E-state index contributed by atoms with van der Waals surface area (Å²) in [5.74, 6) is 2.07. The van der Waals surface area contributed by atoms with Crippen LogP contribution in [0, 0.1) is 0 Å². The topological polar surface area (TPSA) is 80.0 Å². The van der Waals surface area contributed by atoms with Crippen LogP contribution >= 0.6 is 0 Å². The first-order valence-electron chi connectivity index (χ1n) is 11.6. The molecule has 8 nitrogen and oxygen atoms in total. The molecule has 34 heavy (non-hydrogen) atoms. The van der Waals surface area contributed by atoms with E-state index in [-0.39, 0.29) is 12.5 Å². The lowest BCUT2D eigenvalue weighted by molar-refractivity contribution is -0.132. The summed E-state index contributed by atoms with van der Waals surface area (Å²) in [5.41, 5.74) is 3.12. The van der Waals surface area contributed by atoms with Gasteiger partial charge < -0.3 is 9.80 Å². The van der Waals surface area contributed by atoms with Gasteiger partial charge in [0, 0.05) is 49.7 Å². The van der Waals surface area contributed by atoms with E-state index in [2.05, 4.69) is 33.9 Å². The highest BCUT2D eigenvalue weighted by atomic mass is 16.2. The minimum absolute atomic E-state index is 0.0320. The molecule has 3 heterocycles. The Bertz CT molecular complexity index is 1250. The van der Waals surface area contributed by atoms with Gasteiger partial charge in [-0.1, -0.05) is 55.5 Å². The average molecular weight is 454 g/mol. The van der Waals surface area contributed by atoms with Gasteiger partial charge in [-0.2, -0.15) is 0 Å². The number of hydrogen-bond acceptors (Lipinski definition) is 6. The van der Waals surface area contributed by atoms with Crippen molar-refractivity contribution in [2.75, 3.05) is 31.1 Å². The van der Waals surface area contributed by atoms with E-state index in [1.807, 2.05) is 47.4 Å². The number of rotatable bonds is 6. The van der Waals surface area contributed by atoms with Gasteiger partial charge >= 0.3 is 0 Å². The lowest BCUT2D eigenvalue weighted by atomic mass is 10.1. The summed E-state index contributed by atoms with van der Waals surface area (Å²) >= 11 is 0. The molecule has 0 spiro atoms. The van der Waals surface area contributed by atoms with Gasteiger partial charge in [0.1, 0.15) is 6.54 Å². The molecule has 172 valence electrons. The molecule has 1 aliphatic rings. The number of benzene rings is 2. The molecule has 8 heteroatoms. The van der Waals surface area contributed by atoms with Crippen LogP contribution < -0.4 is 4.90 Å². The fourth-order valence-corrected chi connectivity index (χ4v) is 4.14. The second-order valence-electron chi connectivity index (χ2n) is 8.25. The second-order valence-corrected chi connectivity index (χ2v) is 8.25. The Morgan fingerprint density at radius 1 is 0.882 bits per heavy atom. The number of nitrogens with zero attached hydrogens (tertiary/aromatic N) is 7. The molecule has 2 aromatic heterocycles. The van der Waals surface area contributed by atoms with Crippen LogP contribution in [0.1, 0.15) is 12.5 Å². The van der Waals surface area contributed by atoms with Gasteiger partial charge in [0.05, 0.1) is 0 Å². The Kier molecular flexibility index (Phi) is 6.29. The van der Waals surface area contributed by atoms with Gasteiger partial charge in [-0.25, -0.2) is 19.6 Å². The van der Waals surface area contributed by atoms with Gasteiger partial charge in [0.15, 0.2) is 11.6 Å². The van der Waals surface area contributed by atoms with Crippen LogP contribution in [0.3, 0.4) is 0 Å². The minimum Gasteiger partial charge on any atom is -0.338 e. The second kappa shape index (κ2) is 9.82. The van der Waals surface area contributed by atoms with Gasteiger partial charge in [0.25, 0.3) is 0 Å². The molecule has 0 radical (unpaired) electrons. The highest BCUT2D eigenvalue weighted by molar-refractivity contribution is 5.77. The molecule has 2 aromatic carbocycles. The van der Waals surface area contributed by atoms with Crippen LogP contribution in [0.25, 0.3) is 22.8 Å². The predicted molar refractivity (Wildman–Crippen MR) is 131 cm³/mol. The van der Waals surface area contributed by atoms with Crippen LogP contribution in [0.4, 0.5) is 5.95 Å². The van der Waals surface area contributed by atoms with Crippen LogP contribution in [0.2, 0.25) is 0 Å². The fourth-order valence-electron chi connectivity index (χ4n) is 4.14. The van der Waals surface area contributed by atoms with Crippen molar-refractivity contribution in [3.8, 4) is 22.8 Å². The van der Waals surface area contributed by atoms with Crippen molar-refractivity contribution in [2.24, 2.45) is 0 Å². The molecule has 0 atom stereocenters. The third-order valence-corrected chi connectivity index (χ3v) is 6.05. The van der Waals surface area contributed by atoms with Gasteiger partial charge in [-0.3, -0.25) is 4.79 Å². The van der Waals surface area contributed by atoms with E-state index in [0.29, 0.717) is 43.8 Å². The zero-order chi connectivity index (χ0) is 23.3. The molecular formula is C26H27N7O. The van der Waals surface area contributed by atoms with Crippen LogP contribution in [0.15, 0.2) is 73.1 Å². The maximum atomic E-state index is 13.2. The molecule has 5 rings (SSSR count). The number of aromatic nitrogens is 5. The van der Waals surface area contributed by atoms with Crippen molar-refractivity contribution in [2.45, 2.75) is 19.9 Å². The summed E-state index contributed by atoms with van der Waals surface area (Å²) in [6.07, 6.45) is 4.42. The Morgan fingerprint density at radius 2 is 1.62 bits per heavy atom. The normalized spacial score (nSPS) is 13.8. The number of piperazine rings is 1. The van der Waals surface area contributed by atoms with E-state index in [1.165, 1.54) is 5.56 Å². The maximum Gasteiger partial charge on any atom is 0.244 e. The molecule has 1 fully saturated rings. The van der Waals surface area contributed by atoms with Crippen molar-refractivity contribution in [1.82, 2.24) is 29.6 Å². The third-order valence-electron chi connectivity index (χ3n) is 6.05. The SMILES string of the molecule is CCc1cccc(-c2nc(-c3ccccc3)n(CC(=O)N3CCN(c4ncccn4)CC3)n2)c1. The number of hydrogen-bond donors (Lipinski definition) is 0. The highest BCUT2D eigenvalue weighted by Gasteiger charge is 2.24. The molecule has 1 amide bonds. The lowest BCUT2D eigenvalue weighted by Crippen LogP contribution is -2.50. The summed E-state index contributed by atoms with van der Waals surface area (Å²) < 4.78 is 1.73. The highest BCUT2D eigenvalue weighted by Crippen LogP contribution is 2.23. The molecule has 4 aromatic rings. The van der Waals surface area contributed by atoms with E-state index in [1.54, 1.807) is 23.1 Å². The third kappa shape index (κ3) is 4.66. The number of carbonyl (C=O) groups is 1. The van der Waals surface area contributed by atoms with Crippen molar-refractivity contribution in [3.05, 3.63) is 78.6 Å². The molecule has 0 saturated carbocycles. The first kappa shape index (κ1) is 21.8. The number of anilines is 1. The molecule has 1 aliphatic heterocycles. The van der Waals surface area contributed by atoms with Crippen molar-refractivity contribution >= 4 is 11.9 Å². The summed E-state index contributed by atoms with van der Waals surface area (Å²) in [4.78, 5) is 30.7. The zero-order valence-corrected chi connectivity index (χ0v) is 19.2. The van der Waals surface area contributed by atoms with Gasteiger partial charge in [-0.05, 0) is 24.1 Å². The van der Waals surface area contributed by atoms with Crippen LogP contribution in [-0.4, -0.2) is 61.7 Å². The molecule has 0 aliphatic carbocycles. The van der Waals surface area contributed by atoms with E-state index < -0.39 is 0 Å². The lowest BCUT2D eigenvalue weighted by Gasteiger charge is -2.34. The molecule has 0 N–H and O–H groups in total. The molecule has 0 bridgehead atoms. The summed E-state index contributed by atoms with van der Waals surface area (Å²) in [5, 5.41) is 4.76. The standard InChI is InChI=1S/C26H27N7O/c1-2-20-8-6-11-22(18-20)24-29-25(21-9-4-3-5-10-21)33(30-24)19-23(34)31-14-16-32(17-15-31)26-27-12-7-13-28-26/h3-13,18H,2,14-17,19H2,1H3. The first-order chi connectivity index (χ1) is 16.7. The fraction of sp³-hybridized carbons (Fsp3) is 0.269. The zero-order valence-electron chi connectivity index (χ0n) is 19.2. The largest absolute Gasteiger partial charge is 0.338 e. The average Bonchev–Trinajstić information content (AvgIpc) is 3.33. The quantitative estimate of drug-likeness (QED) is 0.446. The van der Waals surface area contributed by atoms with Crippen LogP contribution in [0.5, 0.6) is 0 Å². The van der Waals surface area contributed by atoms with Gasteiger partial charge in [-0.15, -0.1) is 5.10 Å². The summed E-state index contributed by atoms with van der Waals surface area (Å²) in [6.45, 7) is 4.92. The summed E-state index contributed by atoms with van der Waals surface area (Å²) in [6, 6.07) is 20.0. The van der Waals surface area contributed by atoms with Crippen molar-refractivity contribution in [1.29, 1.82) is 0 Å². The van der Waals surface area contributed by atoms with Crippen molar-refractivity contribution in [3.63, 3.8) is 0 Å². The Labute approximate surface area is 198 Å². The number of carbonyl (C=O) groups excluding carboxylic acids is 1. The predicted octanol–water partition coefficient (Wildman–Crippen LogP) is 3.31. The van der Waals surface area contributed by atoms with E-state index in [0.717, 1.165) is 17.5 Å². The maximum absolute atomic E-state index is 13.2. The number of aryl methyl sites for hydroxylation is 1. The molecule has 0 unspecified atom stereocenters. The van der Waals surface area contributed by atoms with Crippen LogP contribution in [-0.2, 0) is 17.8 Å². The number of amides is 1. The van der Waals surface area contributed by atoms with Crippen molar-refractivity contribution < 1.29 is 4.79 Å². The summed E-state index contributed by atoms with van der Waals surface area (Å²) in [7, 11) is 0. The van der Waals surface area contributed by atoms with Gasteiger partial charge in [0.2, 0.25) is 11.9 Å².